The summed E-state index contributed by atoms with van der Waals surface area (Å²) in [5, 5.41) is 0. The van der Waals surface area contributed by atoms with Crippen LogP contribution in [0, 0.1) is 11.8 Å². The van der Waals surface area contributed by atoms with E-state index in [0.717, 1.165) is 60.3 Å². The van der Waals surface area contributed by atoms with Crippen LogP contribution in [-0.2, 0) is 12.8 Å². The van der Waals surface area contributed by atoms with Crippen LogP contribution in [-0.4, -0.2) is 39.0 Å². The van der Waals surface area contributed by atoms with E-state index in [0.29, 0.717) is 5.92 Å². The molecular formula is C63H74N6S9. The maximum Gasteiger partial charge on any atom is 0.132 e. The molecule has 78 heavy (non-hydrogen) atoms. The van der Waals surface area contributed by atoms with Crippen LogP contribution in [0.1, 0.15) is 160 Å². The number of nitrogens with zero attached hydrogens (tertiary/aromatic N) is 6. The molecule has 1 aliphatic heterocycles. The standard InChI is InChI=1S/C63H74N6S9/c1-7-13-17-19-23-42-25-27-46(70-42)48-29-31-50(72-48)58-60-56(66-76-68-60)44(37-64-58)52-35-54-62(74-52)63-55(78(54,39-41(12-6)22-16-10-4)34-33-40(11-5)21-15-9-3)36-53(75-63)45-38-65-59(61-57(45)67-77-69-61)51-32-30-49(73-51)47-28-26-43(71-47)24-20-18-14-8-2/h25-32,35-38,40-41H,7-24,33-34,39H2,1-6H3. The summed E-state index contributed by atoms with van der Waals surface area (Å²) in [5.41, 5.74) is 7.87. The van der Waals surface area contributed by atoms with Crippen molar-refractivity contribution in [3.8, 4) is 71.3 Å². The summed E-state index contributed by atoms with van der Waals surface area (Å²) in [7, 11) is -1.45. The molecule has 0 aliphatic carbocycles. The van der Waals surface area contributed by atoms with Gasteiger partial charge in [-0.05, 0) is 123 Å². The van der Waals surface area contributed by atoms with Crippen molar-refractivity contribution in [3.63, 3.8) is 0 Å². The Balaban J connectivity index is 0.963. The molecule has 0 fully saturated rings. The highest BCUT2D eigenvalue weighted by molar-refractivity contribution is 8.34. The number of aryl methyl sites for hydroxylation is 2. The molecule has 6 nitrogen and oxygen atoms in total. The molecule has 0 radical (unpaired) electrons. The lowest BCUT2D eigenvalue weighted by Gasteiger charge is -2.41. The number of unbranched alkanes of at least 4 members (excludes halogenated alkanes) is 8. The summed E-state index contributed by atoms with van der Waals surface area (Å²) in [6.07, 6.45) is 28.3. The predicted octanol–water partition coefficient (Wildman–Crippen LogP) is 23.1. The third-order valence-electron chi connectivity index (χ3n) is 16.1. The Morgan fingerprint density at radius 2 is 0.846 bits per heavy atom. The third-order valence-corrected chi connectivity index (χ3v) is 29.1. The summed E-state index contributed by atoms with van der Waals surface area (Å²) in [6, 6.07) is 23.6. The van der Waals surface area contributed by atoms with Gasteiger partial charge in [0.1, 0.15) is 33.5 Å². The van der Waals surface area contributed by atoms with Gasteiger partial charge >= 0.3 is 0 Å². The maximum atomic E-state index is 5.30. The first kappa shape index (κ1) is 56.4. The first-order valence-corrected chi connectivity index (χ1v) is 37.4. The van der Waals surface area contributed by atoms with Gasteiger partial charge in [-0.2, -0.15) is 27.5 Å². The molecule has 15 heteroatoms. The van der Waals surface area contributed by atoms with Gasteiger partial charge in [0.15, 0.2) is 0 Å². The molecule has 0 saturated heterocycles. The molecule has 2 atom stereocenters. The zero-order valence-electron chi connectivity index (χ0n) is 46.3. The molecule has 1 aliphatic rings. The highest BCUT2D eigenvalue weighted by Gasteiger charge is 2.44. The second-order valence-electron chi connectivity index (χ2n) is 21.4. The van der Waals surface area contributed by atoms with Crippen molar-refractivity contribution in [2.45, 2.75) is 173 Å². The molecule has 10 aromatic heterocycles. The van der Waals surface area contributed by atoms with Gasteiger partial charge in [-0.25, -0.2) is 0 Å². The number of thiophene rings is 6. The quantitative estimate of drug-likeness (QED) is 0.0435. The fourth-order valence-electron chi connectivity index (χ4n) is 11.4. The van der Waals surface area contributed by atoms with Crippen molar-refractivity contribution in [2.24, 2.45) is 11.8 Å². The molecule has 410 valence electrons. The van der Waals surface area contributed by atoms with Crippen molar-refractivity contribution in [1.82, 2.24) is 27.5 Å². The van der Waals surface area contributed by atoms with Gasteiger partial charge in [-0.3, -0.25) is 9.97 Å². The second-order valence-corrected chi connectivity index (χ2v) is 32.5. The van der Waals surface area contributed by atoms with E-state index in [1.165, 1.54) is 206 Å². The predicted molar refractivity (Wildman–Crippen MR) is 350 cm³/mol. The van der Waals surface area contributed by atoms with Crippen molar-refractivity contribution in [2.75, 3.05) is 11.5 Å². The molecule has 0 amide bonds. The number of rotatable bonds is 29. The lowest BCUT2D eigenvalue weighted by molar-refractivity contribution is 0.440. The lowest BCUT2D eigenvalue weighted by Crippen LogP contribution is -2.18. The van der Waals surface area contributed by atoms with E-state index in [2.05, 4.69) is 115 Å². The molecule has 10 aromatic rings. The molecule has 0 aromatic carbocycles. The molecule has 0 N–H and O–H groups in total. The fourth-order valence-corrected chi connectivity index (χ4v) is 25.4. The molecule has 11 heterocycles. The zero-order valence-corrected chi connectivity index (χ0v) is 53.6. The molecule has 0 spiro atoms. The van der Waals surface area contributed by atoms with E-state index in [9.17, 15) is 0 Å². The Hall–Kier alpha value is -3.51. The van der Waals surface area contributed by atoms with Crippen LogP contribution < -0.4 is 0 Å². The fraction of sp³-hybridized carbons (Fsp3) is 0.460. The monoisotopic (exact) mass is 1200 g/mol. The Morgan fingerprint density at radius 3 is 1.32 bits per heavy atom. The Kier molecular flexibility index (Phi) is 18.9. The van der Waals surface area contributed by atoms with Crippen molar-refractivity contribution >= 4 is 124 Å². The van der Waals surface area contributed by atoms with Gasteiger partial charge in [-0.15, -0.1) is 68.0 Å². The van der Waals surface area contributed by atoms with Crippen LogP contribution in [0.4, 0.5) is 0 Å². The van der Waals surface area contributed by atoms with Gasteiger partial charge in [0.25, 0.3) is 0 Å². The van der Waals surface area contributed by atoms with Crippen LogP contribution in [0.15, 0.2) is 82.8 Å². The second kappa shape index (κ2) is 26.2. The summed E-state index contributed by atoms with van der Waals surface area (Å²) < 4.78 is 20.1. The van der Waals surface area contributed by atoms with Crippen LogP contribution >= 0.6 is 102 Å². The van der Waals surface area contributed by atoms with E-state index < -0.39 is 10.0 Å². The highest BCUT2D eigenvalue weighted by Crippen LogP contribution is 2.77. The van der Waals surface area contributed by atoms with E-state index >= 15 is 0 Å². The molecule has 2 unspecified atom stereocenters. The van der Waals surface area contributed by atoms with Gasteiger partial charge < -0.3 is 0 Å². The average Bonchev–Trinajstić information content (AvgIpc) is 4.49. The Labute approximate surface area is 497 Å². The third kappa shape index (κ3) is 11.8. The number of hydrogen-bond acceptors (Lipinski definition) is 14. The highest BCUT2D eigenvalue weighted by atomic mass is 32.3. The molecular weight excluding hydrogens is 1130 g/mol. The van der Waals surface area contributed by atoms with Gasteiger partial charge in [-0.1, -0.05) is 125 Å². The molecule has 0 bridgehead atoms. The average molecular weight is 1200 g/mol. The summed E-state index contributed by atoms with van der Waals surface area (Å²) in [5.74, 6) is 3.87. The van der Waals surface area contributed by atoms with Crippen LogP contribution in [0.2, 0.25) is 0 Å². The lowest BCUT2D eigenvalue weighted by atomic mass is 9.97. The number of fused-ring (bicyclic) bond motifs is 5. The van der Waals surface area contributed by atoms with Gasteiger partial charge in [0, 0.05) is 72.3 Å². The number of aromatic nitrogens is 6. The van der Waals surface area contributed by atoms with Gasteiger partial charge in [0.05, 0.1) is 43.0 Å². The SMILES string of the molecule is CCCCCCc1ccc(-c2ccc(-c3ncc(-c4cc5c(s4)-c4sc(-c6cnc(-c7ccc(-c8ccc(CCCCCC)s8)s7)c7nsnc67)cc4S5(CCC(CC)CCCC)CC(CC)CCCC)c4nsnc34)s2)s1. The van der Waals surface area contributed by atoms with Crippen molar-refractivity contribution in [1.29, 1.82) is 0 Å². The minimum atomic E-state index is -1.45. The van der Waals surface area contributed by atoms with Crippen molar-refractivity contribution in [3.05, 3.63) is 82.8 Å². The van der Waals surface area contributed by atoms with E-state index in [1.807, 2.05) is 68.0 Å². The first-order chi connectivity index (χ1) is 38.4. The van der Waals surface area contributed by atoms with Crippen molar-refractivity contribution < 1.29 is 0 Å². The zero-order chi connectivity index (χ0) is 53.6. The number of hydrogen-bond donors (Lipinski definition) is 0. The largest absolute Gasteiger partial charge is 0.252 e. The minimum Gasteiger partial charge on any atom is -0.252 e. The normalized spacial score (nSPS) is 14.2. The van der Waals surface area contributed by atoms with E-state index in [4.69, 9.17) is 27.5 Å². The van der Waals surface area contributed by atoms with Crippen LogP contribution in [0.3, 0.4) is 0 Å². The summed E-state index contributed by atoms with van der Waals surface area (Å²) in [4.78, 5) is 29.8. The minimum absolute atomic E-state index is 0.663. The first-order valence-electron chi connectivity index (χ1n) is 29.0. The van der Waals surface area contributed by atoms with Crippen LogP contribution in [0.25, 0.3) is 93.4 Å². The Bertz CT molecular complexity index is 3350. The summed E-state index contributed by atoms with van der Waals surface area (Å²) in [6.45, 7) is 14.2. The smallest absolute Gasteiger partial charge is 0.132 e. The van der Waals surface area contributed by atoms with E-state index in [1.54, 1.807) is 9.79 Å². The topological polar surface area (TPSA) is 77.3 Å². The molecule has 11 rings (SSSR count). The summed E-state index contributed by atoms with van der Waals surface area (Å²) >= 11 is 14.1. The van der Waals surface area contributed by atoms with E-state index in [-0.39, 0.29) is 0 Å². The molecule has 0 saturated carbocycles. The van der Waals surface area contributed by atoms with Crippen LogP contribution in [0.5, 0.6) is 0 Å². The van der Waals surface area contributed by atoms with Gasteiger partial charge in [0.2, 0.25) is 0 Å². The maximum absolute atomic E-state index is 5.30. The Morgan fingerprint density at radius 1 is 0.410 bits per heavy atom. The number of pyridine rings is 2.